The van der Waals surface area contributed by atoms with Crippen molar-refractivity contribution >= 4 is 56.3 Å². The van der Waals surface area contributed by atoms with Gasteiger partial charge in [-0.15, -0.1) is 11.3 Å². The van der Waals surface area contributed by atoms with Crippen molar-refractivity contribution < 1.29 is 14.0 Å². The van der Waals surface area contributed by atoms with Crippen LogP contribution >= 0.6 is 22.9 Å². The Morgan fingerprint density at radius 2 is 1.66 bits per heavy atom. The van der Waals surface area contributed by atoms with Gasteiger partial charge >= 0.3 is 0 Å². The van der Waals surface area contributed by atoms with Crippen molar-refractivity contribution in [3.63, 3.8) is 0 Å². The molecule has 0 bridgehead atoms. The van der Waals surface area contributed by atoms with Crippen molar-refractivity contribution in [2.24, 2.45) is 0 Å². The first kappa shape index (κ1) is 34.0. The van der Waals surface area contributed by atoms with Crippen LogP contribution in [0, 0.1) is 5.82 Å². The van der Waals surface area contributed by atoms with Crippen molar-refractivity contribution in [1.29, 1.82) is 0 Å². The number of amides is 2. The summed E-state index contributed by atoms with van der Waals surface area (Å²) in [6.07, 6.45) is 3.79. The summed E-state index contributed by atoms with van der Waals surface area (Å²) in [5.41, 5.74) is 3.61. The first-order chi connectivity index (χ1) is 22.7. The Bertz CT molecular complexity index is 1920. The number of fused-ring (bicyclic) bond motifs is 1. The molecule has 0 spiro atoms. The maximum atomic E-state index is 15.1. The highest BCUT2D eigenvalue weighted by Gasteiger charge is 2.24. The Morgan fingerprint density at radius 1 is 0.915 bits per heavy atom. The van der Waals surface area contributed by atoms with E-state index in [1.165, 1.54) is 17.4 Å². The number of carbonyl (C=O) groups is 2. The predicted molar refractivity (Wildman–Crippen MR) is 191 cm³/mol. The van der Waals surface area contributed by atoms with Crippen molar-refractivity contribution in [3.05, 3.63) is 117 Å². The number of halogens is 2. The Kier molecular flexibility index (Phi) is 11.2. The number of rotatable bonds is 13. The zero-order valence-electron chi connectivity index (χ0n) is 26.7. The molecule has 0 aliphatic heterocycles. The van der Waals surface area contributed by atoms with Gasteiger partial charge < -0.3 is 15.2 Å². The number of benzene rings is 3. The van der Waals surface area contributed by atoms with E-state index in [4.69, 9.17) is 11.6 Å². The van der Waals surface area contributed by atoms with Gasteiger partial charge in [0, 0.05) is 53.3 Å². The molecule has 10 heteroatoms. The number of carbonyl (C=O) groups excluding carboxylic acids is 2. The molecule has 2 heterocycles. The van der Waals surface area contributed by atoms with E-state index in [9.17, 15) is 14.4 Å². The summed E-state index contributed by atoms with van der Waals surface area (Å²) in [4.78, 5) is 42.8. The van der Waals surface area contributed by atoms with Crippen molar-refractivity contribution in [2.75, 3.05) is 17.7 Å². The van der Waals surface area contributed by atoms with Gasteiger partial charge in [-0.3, -0.25) is 19.3 Å². The Hall–Kier alpha value is -4.31. The van der Waals surface area contributed by atoms with Gasteiger partial charge in [0.15, 0.2) is 0 Å². The number of hydrogen-bond donors (Lipinski definition) is 2. The number of anilines is 2. The molecule has 7 nitrogen and oxygen atoms in total. The Balaban J connectivity index is 1.69. The van der Waals surface area contributed by atoms with Gasteiger partial charge in [0.05, 0.1) is 11.9 Å². The summed E-state index contributed by atoms with van der Waals surface area (Å²) >= 11 is 7.90. The number of nitrogens with zero attached hydrogens (tertiary/aromatic N) is 2. The fraction of sp³-hybridized carbons (Fsp3) is 0.270. The fourth-order valence-corrected chi connectivity index (χ4v) is 6.98. The molecule has 0 radical (unpaired) electrons. The lowest BCUT2D eigenvalue weighted by Gasteiger charge is -2.18. The van der Waals surface area contributed by atoms with Crippen LogP contribution in [-0.2, 0) is 29.2 Å². The molecule has 2 aromatic heterocycles. The largest absolute Gasteiger partial charge is 0.332 e. The van der Waals surface area contributed by atoms with Crippen LogP contribution in [0.15, 0.2) is 83.8 Å². The number of hydrogen-bond acceptors (Lipinski definition) is 5. The fourth-order valence-electron chi connectivity index (χ4n) is 5.47. The third kappa shape index (κ3) is 8.16. The van der Waals surface area contributed by atoms with E-state index in [1.807, 2.05) is 56.4 Å². The van der Waals surface area contributed by atoms with Gasteiger partial charge in [0.25, 0.3) is 0 Å². The van der Waals surface area contributed by atoms with E-state index in [1.54, 1.807) is 29.8 Å². The monoisotopic (exact) mass is 672 g/mol. The number of aromatic nitrogens is 1. The first-order valence-corrected chi connectivity index (χ1v) is 16.9. The normalized spacial score (nSPS) is 11.3. The molecular weight excluding hydrogens is 635 g/mol. The standard InChI is InChI=1S/C37H38ClFN4O3S/c1-4-6-15-33(45)41-31-23-43(22-27-29(38)13-10-14-30(27)39)37-34(35(31)46)28(21-42(3)20-24-11-8-7-9-12-24)36(47-37)25-16-18-26(19-17-25)40-32(44)5-2/h7-14,16-19,23H,4-6,15,20-22H2,1-3H3,(H,40,44)(H,41,45). The first-order valence-electron chi connectivity index (χ1n) is 15.7. The molecule has 0 atom stereocenters. The second kappa shape index (κ2) is 15.5. The summed E-state index contributed by atoms with van der Waals surface area (Å²) in [7, 11) is 2.00. The molecule has 0 aliphatic rings. The second-order valence-electron chi connectivity index (χ2n) is 11.6. The molecule has 2 N–H and O–H groups in total. The maximum Gasteiger partial charge on any atom is 0.224 e. The van der Waals surface area contributed by atoms with E-state index in [-0.39, 0.29) is 46.5 Å². The number of thiophene rings is 1. The number of nitrogens with one attached hydrogen (secondary N) is 2. The minimum Gasteiger partial charge on any atom is -0.332 e. The molecular formula is C37H38ClFN4O3S. The molecule has 0 fully saturated rings. The molecule has 3 aromatic carbocycles. The van der Waals surface area contributed by atoms with E-state index >= 15 is 4.39 Å². The average Bonchev–Trinajstić information content (AvgIpc) is 3.43. The summed E-state index contributed by atoms with van der Waals surface area (Å²) in [5.74, 6) is -0.788. The third-order valence-electron chi connectivity index (χ3n) is 7.90. The molecule has 244 valence electrons. The highest BCUT2D eigenvalue weighted by atomic mass is 35.5. The van der Waals surface area contributed by atoms with Crippen LogP contribution in [-0.4, -0.2) is 28.3 Å². The summed E-state index contributed by atoms with van der Waals surface area (Å²) in [5, 5.41) is 6.47. The summed E-state index contributed by atoms with van der Waals surface area (Å²) in [6.45, 7) is 4.93. The predicted octanol–water partition coefficient (Wildman–Crippen LogP) is 8.68. The Morgan fingerprint density at radius 3 is 2.34 bits per heavy atom. The van der Waals surface area contributed by atoms with Crippen molar-refractivity contribution in [3.8, 4) is 10.4 Å². The Labute approximate surface area is 283 Å². The highest BCUT2D eigenvalue weighted by Crippen LogP contribution is 2.40. The molecule has 5 aromatic rings. The average molecular weight is 673 g/mol. The molecule has 2 amide bonds. The highest BCUT2D eigenvalue weighted by molar-refractivity contribution is 7.22. The van der Waals surface area contributed by atoms with Crippen LogP contribution in [0.3, 0.4) is 0 Å². The SMILES string of the molecule is CCCCC(=O)Nc1cn(Cc2c(F)cccc2Cl)c2sc(-c3ccc(NC(=O)CC)cc3)c(CN(C)Cc3ccccc3)c2c1=O. The van der Waals surface area contributed by atoms with Gasteiger partial charge in [-0.05, 0) is 54.4 Å². The summed E-state index contributed by atoms with van der Waals surface area (Å²) in [6, 6.07) is 22.2. The van der Waals surface area contributed by atoms with Crippen LogP contribution in [0.4, 0.5) is 15.8 Å². The maximum absolute atomic E-state index is 15.1. The number of unbranched alkanes of at least 4 members (excludes halogenated alkanes) is 1. The van der Waals surface area contributed by atoms with Crippen molar-refractivity contribution in [2.45, 2.75) is 59.2 Å². The van der Waals surface area contributed by atoms with Gasteiger partial charge in [0.1, 0.15) is 16.3 Å². The molecule has 0 unspecified atom stereocenters. The number of pyridine rings is 1. The van der Waals surface area contributed by atoms with Gasteiger partial charge in [0.2, 0.25) is 17.2 Å². The zero-order chi connectivity index (χ0) is 33.5. The van der Waals surface area contributed by atoms with Crippen LogP contribution in [0.1, 0.15) is 56.2 Å². The second-order valence-corrected chi connectivity index (χ2v) is 13.0. The minimum absolute atomic E-state index is 0.0569. The van der Waals surface area contributed by atoms with Crippen LogP contribution in [0.25, 0.3) is 20.7 Å². The summed E-state index contributed by atoms with van der Waals surface area (Å²) < 4.78 is 16.9. The van der Waals surface area contributed by atoms with E-state index in [0.717, 1.165) is 28.0 Å². The van der Waals surface area contributed by atoms with Crippen molar-refractivity contribution in [1.82, 2.24) is 9.47 Å². The van der Waals surface area contributed by atoms with E-state index < -0.39 is 5.82 Å². The zero-order valence-corrected chi connectivity index (χ0v) is 28.3. The molecule has 47 heavy (non-hydrogen) atoms. The molecule has 0 saturated heterocycles. The molecule has 0 saturated carbocycles. The topological polar surface area (TPSA) is 83.4 Å². The lowest BCUT2D eigenvalue weighted by molar-refractivity contribution is -0.116. The lowest BCUT2D eigenvalue weighted by atomic mass is 10.0. The van der Waals surface area contributed by atoms with E-state index in [0.29, 0.717) is 41.8 Å². The van der Waals surface area contributed by atoms with Crippen LogP contribution in [0.2, 0.25) is 5.02 Å². The van der Waals surface area contributed by atoms with Crippen LogP contribution in [0.5, 0.6) is 0 Å². The lowest BCUT2D eigenvalue weighted by Crippen LogP contribution is -2.22. The van der Waals surface area contributed by atoms with Gasteiger partial charge in [-0.2, -0.15) is 0 Å². The molecule has 5 rings (SSSR count). The quantitative estimate of drug-likeness (QED) is 0.131. The smallest absolute Gasteiger partial charge is 0.224 e. The van der Waals surface area contributed by atoms with Gasteiger partial charge in [-0.1, -0.05) is 80.4 Å². The third-order valence-corrected chi connectivity index (χ3v) is 9.58. The van der Waals surface area contributed by atoms with Gasteiger partial charge in [-0.25, -0.2) is 4.39 Å². The van der Waals surface area contributed by atoms with Crippen LogP contribution < -0.4 is 16.1 Å². The molecule has 0 aliphatic carbocycles. The van der Waals surface area contributed by atoms with E-state index in [2.05, 4.69) is 27.7 Å². The minimum atomic E-state index is -0.456.